The number of aromatic nitrogens is 1. The van der Waals surface area contributed by atoms with Crippen LogP contribution in [0.4, 0.5) is 4.39 Å². The second kappa shape index (κ2) is 7.04. The van der Waals surface area contributed by atoms with Gasteiger partial charge in [0, 0.05) is 30.3 Å². The molecule has 0 saturated heterocycles. The summed E-state index contributed by atoms with van der Waals surface area (Å²) in [5.41, 5.74) is 3.98. The number of hydrogen-bond donors (Lipinski definition) is 1. The molecule has 1 aliphatic heterocycles. The molecule has 0 saturated carbocycles. The molecule has 1 unspecified atom stereocenters. The van der Waals surface area contributed by atoms with E-state index in [-0.39, 0.29) is 24.4 Å². The van der Waals surface area contributed by atoms with E-state index in [4.69, 9.17) is 9.47 Å². The number of rotatable bonds is 4. The van der Waals surface area contributed by atoms with Crippen molar-refractivity contribution in [3.8, 4) is 5.75 Å². The molecule has 1 aromatic heterocycles. The number of fused-ring (bicyclic) bond motifs is 3. The van der Waals surface area contributed by atoms with Gasteiger partial charge in [-0.3, -0.25) is 4.79 Å². The number of nitrogens with one attached hydrogen (secondary N) is 1. The zero-order chi connectivity index (χ0) is 19.0. The van der Waals surface area contributed by atoms with E-state index in [9.17, 15) is 9.18 Å². The Bertz CT molecular complexity index is 981. The van der Waals surface area contributed by atoms with Crippen LogP contribution in [0.2, 0.25) is 0 Å². The molecule has 0 fully saturated rings. The molecular weight excluding hydrogens is 347 g/mol. The van der Waals surface area contributed by atoms with Crippen LogP contribution in [0.5, 0.6) is 5.75 Å². The van der Waals surface area contributed by atoms with E-state index in [0.717, 1.165) is 34.3 Å². The standard InChI is InChI=1S/C21H21FN2O3/c1-26-12-19(25)24-10-9-16-17-11-15(27-2)7-8-18(17)23-20(16)21(24)13-3-5-14(22)6-4-13/h3-8,11,21,23H,9-10,12H2,1-2H3. The predicted octanol–water partition coefficient (Wildman–Crippen LogP) is 3.44. The largest absolute Gasteiger partial charge is 0.497 e. The lowest BCUT2D eigenvalue weighted by molar-refractivity contribution is -0.137. The Labute approximate surface area is 156 Å². The number of benzene rings is 2. The average Bonchev–Trinajstić information content (AvgIpc) is 3.06. The van der Waals surface area contributed by atoms with Crippen molar-refractivity contribution in [3.63, 3.8) is 0 Å². The summed E-state index contributed by atoms with van der Waals surface area (Å²) in [6.45, 7) is 0.586. The highest BCUT2D eigenvalue weighted by molar-refractivity contribution is 5.88. The highest BCUT2D eigenvalue weighted by atomic mass is 19.1. The summed E-state index contributed by atoms with van der Waals surface area (Å²) in [5, 5.41) is 1.09. The van der Waals surface area contributed by atoms with Gasteiger partial charge in [0.2, 0.25) is 5.91 Å². The number of H-pyrrole nitrogens is 1. The maximum atomic E-state index is 13.5. The fraction of sp³-hybridized carbons (Fsp3) is 0.286. The molecule has 0 radical (unpaired) electrons. The van der Waals surface area contributed by atoms with Crippen LogP contribution in [-0.2, 0) is 16.0 Å². The number of carbonyl (C=O) groups is 1. The second-order valence-electron chi connectivity index (χ2n) is 6.65. The van der Waals surface area contributed by atoms with Gasteiger partial charge in [0.25, 0.3) is 0 Å². The van der Waals surface area contributed by atoms with E-state index in [1.54, 1.807) is 24.1 Å². The number of amides is 1. The predicted molar refractivity (Wildman–Crippen MR) is 100 cm³/mol. The van der Waals surface area contributed by atoms with Crippen molar-refractivity contribution in [2.45, 2.75) is 12.5 Å². The lowest BCUT2D eigenvalue weighted by Crippen LogP contribution is -2.42. The molecule has 4 rings (SSSR count). The molecule has 1 aliphatic rings. The van der Waals surface area contributed by atoms with E-state index < -0.39 is 0 Å². The van der Waals surface area contributed by atoms with Gasteiger partial charge in [0.1, 0.15) is 18.2 Å². The second-order valence-corrected chi connectivity index (χ2v) is 6.65. The van der Waals surface area contributed by atoms with Gasteiger partial charge >= 0.3 is 0 Å². The first kappa shape index (κ1) is 17.5. The lowest BCUT2D eigenvalue weighted by Gasteiger charge is -2.36. The van der Waals surface area contributed by atoms with Crippen LogP contribution in [0.1, 0.15) is 22.9 Å². The van der Waals surface area contributed by atoms with Crippen molar-refractivity contribution in [2.75, 3.05) is 27.4 Å². The van der Waals surface area contributed by atoms with Crippen LogP contribution in [0.15, 0.2) is 42.5 Å². The number of methoxy groups -OCH3 is 2. The lowest BCUT2D eigenvalue weighted by atomic mass is 9.92. The topological polar surface area (TPSA) is 54.6 Å². The fourth-order valence-electron chi connectivity index (χ4n) is 3.86. The molecule has 6 heteroatoms. The number of nitrogens with zero attached hydrogens (tertiary/aromatic N) is 1. The molecule has 2 aromatic carbocycles. The van der Waals surface area contributed by atoms with E-state index in [1.165, 1.54) is 24.8 Å². The van der Waals surface area contributed by atoms with Crippen LogP contribution < -0.4 is 4.74 Å². The van der Waals surface area contributed by atoms with Gasteiger partial charge in [-0.2, -0.15) is 0 Å². The van der Waals surface area contributed by atoms with Gasteiger partial charge in [0.05, 0.1) is 13.2 Å². The normalized spacial score (nSPS) is 16.4. The molecule has 3 aromatic rings. The third-order valence-corrected chi connectivity index (χ3v) is 5.11. The van der Waals surface area contributed by atoms with E-state index in [1.807, 2.05) is 18.2 Å². The monoisotopic (exact) mass is 368 g/mol. The van der Waals surface area contributed by atoms with Gasteiger partial charge in [0.15, 0.2) is 0 Å². The molecule has 1 amide bonds. The number of halogens is 1. The summed E-state index contributed by atoms with van der Waals surface area (Å²) in [5.74, 6) is 0.403. The van der Waals surface area contributed by atoms with E-state index >= 15 is 0 Å². The highest BCUT2D eigenvalue weighted by Crippen LogP contribution is 2.39. The maximum absolute atomic E-state index is 13.5. The van der Waals surface area contributed by atoms with Gasteiger partial charge in [-0.05, 0) is 47.9 Å². The highest BCUT2D eigenvalue weighted by Gasteiger charge is 2.34. The third-order valence-electron chi connectivity index (χ3n) is 5.11. The quantitative estimate of drug-likeness (QED) is 0.768. The minimum atomic E-state index is -0.310. The first-order valence-electron chi connectivity index (χ1n) is 8.84. The minimum Gasteiger partial charge on any atom is -0.497 e. The van der Waals surface area contributed by atoms with Crippen molar-refractivity contribution in [1.29, 1.82) is 0 Å². The van der Waals surface area contributed by atoms with Gasteiger partial charge in [-0.15, -0.1) is 0 Å². The Kier molecular flexibility index (Phi) is 4.58. The first-order valence-corrected chi connectivity index (χ1v) is 8.84. The van der Waals surface area contributed by atoms with Crippen molar-refractivity contribution < 1.29 is 18.7 Å². The van der Waals surface area contributed by atoms with Gasteiger partial charge < -0.3 is 19.4 Å². The Morgan fingerprint density at radius 3 is 2.70 bits per heavy atom. The Morgan fingerprint density at radius 1 is 1.22 bits per heavy atom. The van der Waals surface area contributed by atoms with E-state index in [0.29, 0.717) is 6.54 Å². The third kappa shape index (κ3) is 3.06. The van der Waals surface area contributed by atoms with Gasteiger partial charge in [-0.1, -0.05) is 12.1 Å². The van der Waals surface area contributed by atoms with Crippen LogP contribution in [-0.4, -0.2) is 43.2 Å². The van der Waals surface area contributed by atoms with Crippen LogP contribution in [0, 0.1) is 5.82 Å². The smallest absolute Gasteiger partial charge is 0.249 e. The maximum Gasteiger partial charge on any atom is 0.249 e. The fourth-order valence-corrected chi connectivity index (χ4v) is 3.86. The number of carbonyl (C=O) groups excluding carboxylic acids is 1. The molecule has 0 bridgehead atoms. The van der Waals surface area contributed by atoms with Crippen LogP contribution >= 0.6 is 0 Å². The van der Waals surface area contributed by atoms with Crippen molar-refractivity contribution in [2.24, 2.45) is 0 Å². The SMILES string of the molecule is COCC(=O)N1CCc2c([nH]c3ccc(OC)cc23)C1c1ccc(F)cc1. The summed E-state index contributed by atoms with van der Waals surface area (Å²) in [4.78, 5) is 17.9. The molecule has 5 nitrogen and oxygen atoms in total. The van der Waals surface area contributed by atoms with Crippen LogP contribution in [0.25, 0.3) is 10.9 Å². The zero-order valence-corrected chi connectivity index (χ0v) is 15.3. The number of ether oxygens (including phenoxy) is 2. The van der Waals surface area contributed by atoms with E-state index in [2.05, 4.69) is 4.98 Å². The molecule has 0 spiro atoms. The van der Waals surface area contributed by atoms with Crippen molar-refractivity contribution in [3.05, 3.63) is 65.1 Å². The summed E-state index contributed by atoms with van der Waals surface area (Å²) in [6.07, 6.45) is 0.732. The number of hydrogen-bond acceptors (Lipinski definition) is 3. The summed E-state index contributed by atoms with van der Waals surface area (Å²) in [7, 11) is 3.15. The molecule has 0 aliphatic carbocycles. The van der Waals surface area contributed by atoms with Crippen molar-refractivity contribution in [1.82, 2.24) is 9.88 Å². The summed E-state index contributed by atoms with van der Waals surface area (Å²) < 4.78 is 23.9. The van der Waals surface area contributed by atoms with Crippen LogP contribution in [0.3, 0.4) is 0 Å². The first-order chi connectivity index (χ1) is 13.1. The summed E-state index contributed by atoms with van der Waals surface area (Å²) in [6, 6.07) is 11.9. The molecule has 140 valence electrons. The molecular formula is C21H21FN2O3. The molecule has 2 heterocycles. The minimum absolute atomic E-state index is 0.0150. The Morgan fingerprint density at radius 2 is 2.00 bits per heavy atom. The molecule has 1 N–H and O–H groups in total. The Hall–Kier alpha value is -2.86. The average molecular weight is 368 g/mol. The van der Waals surface area contributed by atoms with Gasteiger partial charge in [-0.25, -0.2) is 4.39 Å². The number of aromatic amines is 1. The molecule has 27 heavy (non-hydrogen) atoms. The van der Waals surface area contributed by atoms with Crippen molar-refractivity contribution >= 4 is 16.8 Å². The summed E-state index contributed by atoms with van der Waals surface area (Å²) >= 11 is 0. The Balaban J connectivity index is 1.87. The molecule has 1 atom stereocenters. The zero-order valence-electron chi connectivity index (χ0n) is 15.3.